The van der Waals surface area contributed by atoms with Crippen molar-refractivity contribution in [2.45, 2.75) is 52.0 Å². The van der Waals surface area contributed by atoms with Crippen molar-refractivity contribution in [1.29, 1.82) is 0 Å². The van der Waals surface area contributed by atoms with Gasteiger partial charge in [-0.2, -0.15) is 0 Å². The molecule has 0 bridgehead atoms. The second-order valence-corrected chi connectivity index (χ2v) is 6.58. The first kappa shape index (κ1) is 13.2. The third-order valence-corrected chi connectivity index (χ3v) is 4.96. The fraction of sp³-hybridized carbons (Fsp3) is 0.600. The zero-order valence-corrected chi connectivity index (χ0v) is 13.0. The predicted octanol–water partition coefficient (Wildman–Crippen LogP) is 4.98. The smallest absolute Gasteiger partial charge is 0.0353 e. The van der Waals surface area contributed by atoms with Crippen molar-refractivity contribution in [1.82, 2.24) is 0 Å². The molecule has 1 aromatic carbocycles. The fourth-order valence-electron chi connectivity index (χ4n) is 2.55. The molecular formula is C15H22IN. The Morgan fingerprint density at radius 3 is 2.76 bits per heavy atom. The number of aryl methyl sites for hydroxylation is 1. The number of hydrogen-bond donors (Lipinski definition) is 1. The predicted molar refractivity (Wildman–Crippen MR) is 83.6 cm³/mol. The van der Waals surface area contributed by atoms with Gasteiger partial charge in [-0.25, -0.2) is 0 Å². The van der Waals surface area contributed by atoms with E-state index in [0.29, 0.717) is 6.04 Å². The van der Waals surface area contributed by atoms with Crippen LogP contribution in [-0.4, -0.2) is 6.04 Å². The standard InChI is InChI=1S/C15H22IN/c1-11-4-3-5-13(8-6-11)17-14-9-7-12(2)15(16)10-14/h7,9-11,13,17H,3-6,8H2,1-2H3. The lowest BCUT2D eigenvalue weighted by Crippen LogP contribution is -2.18. The van der Waals surface area contributed by atoms with Crippen LogP contribution in [0.4, 0.5) is 5.69 Å². The van der Waals surface area contributed by atoms with Crippen molar-refractivity contribution < 1.29 is 0 Å². The van der Waals surface area contributed by atoms with Crippen molar-refractivity contribution in [3.05, 3.63) is 27.3 Å². The maximum atomic E-state index is 3.70. The summed E-state index contributed by atoms with van der Waals surface area (Å²) in [6.07, 6.45) is 6.81. The van der Waals surface area contributed by atoms with E-state index >= 15 is 0 Å². The molecular weight excluding hydrogens is 321 g/mol. The van der Waals surface area contributed by atoms with Gasteiger partial charge in [0.25, 0.3) is 0 Å². The van der Waals surface area contributed by atoms with E-state index in [9.17, 15) is 0 Å². The van der Waals surface area contributed by atoms with Gasteiger partial charge in [0.15, 0.2) is 0 Å². The van der Waals surface area contributed by atoms with Crippen LogP contribution >= 0.6 is 22.6 Å². The normalized spacial score (nSPS) is 25.4. The second kappa shape index (κ2) is 6.07. The zero-order valence-electron chi connectivity index (χ0n) is 10.8. The molecule has 1 aliphatic carbocycles. The Balaban J connectivity index is 1.97. The molecule has 2 rings (SSSR count). The Hall–Kier alpha value is -0.250. The number of nitrogens with one attached hydrogen (secondary N) is 1. The molecule has 2 unspecified atom stereocenters. The third-order valence-electron chi connectivity index (χ3n) is 3.80. The van der Waals surface area contributed by atoms with Crippen LogP contribution in [0.1, 0.15) is 44.6 Å². The summed E-state index contributed by atoms with van der Waals surface area (Å²) in [7, 11) is 0. The monoisotopic (exact) mass is 343 g/mol. The molecule has 1 saturated carbocycles. The summed E-state index contributed by atoms with van der Waals surface area (Å²) in [5.41, 5.74) is 2.66. The molecule has 2 atom stereocenters. The summed E-state index contributed by atoms with van der Waals surface area (Å²) in [4.78, 5) is 0. The van der Waals surface area contributed by atoms with Gasteiger partial charge < -0.3 is 5.32 Å². The molecule has 0 aliphatic heterocycles. The van der Waals surface area contributed by atoms with E-state index in [4.69, 9.17) is 0 Å². The van der Waals surface area contributed by atoms with E-state index in [-0.39, 0.29) is 0 Å². The first-order chi connectivity index (χ1) is 8.15. The van der Waals surface area contributed by atoms with Crippen LogP contribution < -0.4 is 5.32 Å². The Bertz CT molecular complexity index is 375. The van der Waals surface area contributed by atoms with Gasteiger partial charge in [0.1, 0.15) is 0 Å². The van der Waals surface area contributed by atoms with E-state index in [2.05, 4.69) is 60.0 Å². The summed E-state index contributed by atoms with van der Waals surface area (Å²) >= 11 is 2.42. The summed E-state index contributed by atoms with van der Waals surface area (Å²) in [6.45, 7) is 4.55. The van der Waals surface area contributed by atoms with Gasteiger partial charge in [-0.05, 0) is 72.4 Å². The minimum atomic E-state index is 0.679. The van der Waals surface area contributed by atoms with Crippen molar-refractivity contribution in [2.75, 3.05) is 5.32 Å². The molecule has 1 aliphatic rings. The highest BCUT2D eigenvalue weighted by molar-refractivity contribution is 14.1. The van der Waals surface area contributed by atoms with Gasteiger partial charge in [-0.3, -0.25) is 0 Å². The van der Waals surface area contributed by atoms with Crippen LogP contribution in [-0.2, 0) is 0 Å². The van der Waals surface area contributed by atoms with Crippen molar-refractivity contribution in [3.8, 4) is 0 Å². The molecule has 2 heteroatoms. The van der Waals surface area contributed by atoms with E-state index in [1.54, 1.807) is 0 Å². The van der Waals surface area contributed by atoms with Gasteiger partial charge in [0, 0.05) is 15.3 Å². The summed E-state index contributed by atoms with van der Waals surface area (Å²) in [6, 6.07) is 7.37. The average Bonchev–Trinajstić information content (AvgIpc) is 2.49. The number of hydrogen-bond acceptors (Lipinski definition) is 1. The largest absolute Gasteiger partial charge is 0.382 e. The maximum Gasteiger partial charge on any atom is 0.0353 e. The van der Waals surface area contributed by atoms with Crippen LogP contribution in [0, 0.1) is 16.4 Å². The average molecular weight is 343 g/mol. The maximum absolute atomic E-state index is 3.70. The molecule has 1 aromatic rings. The minimum absolute atomic E-state index is 0.679. The van der Waals surface area contributed by atoms with Crippen molar-refractivity contribution >= 4 is 28.3 Å². The zero-order chi connectivity index (χ0) is 12.3. The molecule has 1 N–H and O–H groups in total. The van der Waals surface area contributed by atoms with Gasteiger partial charge in [0.05, 0.1) is 0 Å². The first-order valence-corrected chi connectivity index (χ1v) is 7.75. The lowest BCUT2D eigenvalue weighted by atomic mass is 10.0. The number of halogens is 1. The third kappa shape index (κ3) is 3.87. The molecule has 0 heterocycles. The van der Waals surface area contributed by atoms with Crippen LogP contribution in [0.5, 0.6) is 0 Å². The molecule has 94 valence electrons. The molecule has 0 radical (unpaired) electrons. The molecule has 0 amide bonds. The highest BCUT2D eigenvalue weighted by Gasteiger charge is 2.15. The summed E-state index contributed by atoms with van der Waals surface area (Å²) in [5.74, 6) is 0.917. The van der Waals surface area contributed by atoms with E-state index in [0.717, 1.165) is 5.92 Å². The molecule has 0 saturated heterocycles. The number of benzene rings is 1. The number of anilines is 1. The SMILES string of the molecule is Cc1ccc(NC2CCCC(C)CC2)cc1I. The first-order valence-electron chi connectivity index (χ1n) is 6.68. The Labute approximate surface area is 119 Å². The molecule has 1 fully saturated rings. The minimum Gasteiger partial charge on any atom is -0.382 e. The van der Waals surface area contributed by atoms with Crippen molar-refractivity contribution in [3.63, 3.8) is 0 Å². The Morgan fingerprint density at radius 2 is 2.00 bits per heavy atom. The highest BCUT2D eigenvalue weighted by atomic mass is 127. The van der Waals surface area contributed by atoms with E-state index < -0.39 is 0 Å². The molecule has 0 spiro atoms. The summed E-state index contributed by atoms with van der Waals surface area (Å²) in [5, 5.41) is 3.70. The molecule has 17 heavy (non-hydrogen) atoms. The van der Waals surface area contributed by atoms with Gasteiger partial charge >= 0.3 is 0 Å². The lowest BCUT2D eigenvalue weighted by Gasteiger charge is -2.18. The molecule has 0 aromatic heterocycles. The van der Waals surface area contributed by atoms with Gasteiger partial charge in [-0.1, -0.05) is 25.8 Å². The van der Waals surface area contributed by atoms with Crippen molar-refractivity contribution in [2.24, 2.45) is 5.92 Å². The molecule has 1 nitrogen and oxygen atoms in total. The second-order valence-electron chi connectivity index (χ2n) is 5.42. The van der Waals surface area contributed by atoms with Crippen LogP contribution in [0.25, 0.3) is 0 Å². The van der Waals surface area contributed by atoms with Crippen LogP contribution in [0.2, 0.25) is 0 Å². The van der Waals surface area contributed by atoms with Crippen LogP contribution in [0.3, 0.4) is 0 Å². The fourth-order valence-corrected chi connectivity index (χ4v) is 3.07. The topological polar surface area (TPSA) is 12.0 Å². The van der Waals surface area contributed by atoms with Crippen LogP contribution in [0.15, 0.2) is 18.2 Å². The van der Waals surface area contributed by atoms with Gasteiger partial charge in [-0.15, -0.1) is 0 Å². The lowest BCUT2D eigenvalue weighted by molar-refractivity contribution is 0.502. The highest BCUT2D eigenvalue weighted by Crippen LogP contribution is 2.26. The Morgan fingerprint density at radius 1 is 1.18 bits per heavy atom. The number of rotatable bonds is 2. The van der Waals surface area contributed by atoms with E-state index in [1.807, 2.05) is 0 Å². The Kier molecular flexibility index (Phi) is 4.71. The van der Waals surface area contributed by atoms with E-state index in [1.165, 1.54) is 46.9 Å². The summed E-state index contributed by atoms with van der Waals surface area (Å²) < 4.78 is 1.36. The van der Waals surface area contributed by atoms with Gasteiger partial charge in [0.2, 0.25) is 0 Å². The quantitative estimate of drug-likeness (QED) is 0.590.